The molecule has 0 heterocycles. The highest BCUT2D eigenvalue weighted by Crippen LogP contribution is 2.13. The van der Waals surface area contributed by atoms with Crippen molar-refractivity contribution in [3.63, 3.8) is 0 Å². The van der Waals surface area contributed by atoms with E-state index < -0.39 is 0 Å². The lowest BCUT2D eigenvalue weighted by Crippen LogP contribution is -2.05. The summed E-state index contributed by atoms with van der Waals surface area (Å²) in [6.07, 6.45) is 0.717. The first kappa shape index (κ1) is 12.7. The van der Waals surface area contributed by atoms with Crippen molar-refractivity contribution in [3.8, 4) is 0 Å². The van der Waals surface area contributed by atoms with Crippen LogP contribution in [0.2, 0.25) is 5.02 Å². The van der Waals surface area contributed by atoms with Gasteiger partial charge >= 0.3 is 0 Å². The summed E-state index contributed by atoms with van der Waals surface area (Å²) in [6, 6.07) is 17.8. The third kappa shape index (κ3) is 3.34. The molecule has 0 aliphatic carbocycles. The maximum atomic E-state index is 5.87. The van der Waals surface area contributed by atoms with Crippen LogP contribution in [0.1, 0.15) is 11.1 Å². The van der Waals surface area contributed by atoms with Crippen molar-refractivity contribution in [2.75, 3.05) is 7.11 Å². The molecule has 0 aliphatic heterocycles. The Labute approximate surface area is 112 Å². The minimum Gasteiger partial charge on any atom is -0.399 e. The lowest BCUT2D eigenvalue weighted by Gasteiger charge is -2.06. The summed E-state index contributed by atoms with van der Waals surface area (Å²) in [6.45, 7) is 0. The van der Waals surface area contributed by atoms with Crippen LogP contribution in [0.5, 0.6) is 0 Å². The Morgan fingerprint density at radius 3 is 2.33 bits per heavy atom. The predicted octanol–water partition coefficient (Wildman–Crippen LogP) is 3.93. The minimum absolute atomic E-state index is 0.717. The minimum atomic E-state index is 0.717. The molecule has 2 rings (SSSR count). The molecule has 0 amide bonds. The van der Waals surface area contributed by atoms with E-state index in [9.17, 15) is 0 Å². The highest BCUT2D eigenvalue weighted by Gasteiger charge is 2.05. The molecule has 0 unspecified atom stereocenters. The van der Waals surface area contributed by atoms with Crippen LogP contribution in [0.4, 0.5) is 0 Å². The van der Waals surface area contributed by atoms with Crippen molar-refractivity contribution in [1.29, 1.82) is 0 Å². The van der Waals surface area contributed by atoms with E-state index in [4.69, 9.17) is 16.4 Å². The third-order valence-corrected chi connectivity index (χ3v) is 2.85. The van der Waals surface area contributed by atoms with Crippen LogP contribution in [0, 0.1) is 0 Å². The van der Waals surface area contributed by atoms with E-state index >= 15 is 0 Å². The number of nitrogens with zero attached hydrogens (tertiary/aromatic N) is 1. The third-order valence-electron chi connectivity index (χ3n) is 2.59. The number of oxime groups is 1. The van der Waals surface area contributed by atoms with E-state index in [2.05, 4.69) is 5.16 Å². The molecule has 18 heavy (non-hydrogen) atoms. The smallest absolute Gasteiger partial charge is 0.106 e. The fourth-order valence-corrected chi connectivity index (χ4v) is 1.85. The molecule has 2 aromatic carbocycles. The Morgan fingerprint density at radius 1 is 1.06 bits per heavy atom. The first-order valence-corrected chi connectivity index (χ1v) is 6.07. The Kier molecular flexibility index (Phi) is 4.37. The Balaban J connectivity index is 2.22. The Morgan fingerprint density at radius 2 is 1.72 bits per heavy atom. The molecule has 0 fully saturated rings. The fraction of sp³-hybridized carbons (Fsp3) is 0.133. The van der Waals surface area contributed by atoms with Gasteiger partial charge in [-0.05, 0) is 23.3 Å². The highest BCUT2D eigenvalue weighted by molar-refractivity contribution is 6.30. The van der Waals surface area contributed by atoms with Gasteiger partial charge in [0, 0.05) is 11.4 Å². The molecule has 0 radical (unpaired) electrons. The molecule has 0 saturated carbocycles. The van der Waals surface area contributed by atoms with E-state index in [-0.39, 0.29) is 0 Å². The van der Waals surface area contributed by atoms with E-state index in [1.807, 2.05) is 54.6 Å². The second kappa shape index (κ2) is 6.22. The lowest BCUT2D eigenvalue weighted by molar-refractivity contribution is 0.213. The van der Waals surface area contributed by atoms with Gasteiger partial charge in [0.15, 0.2) is 0 Å². The summed E-state index contributed by atoms with van der Waals surface area (Å²) >= 11 is 5.87. The predicted molar refractivity (Wildman–Crippen MR) is 75.1 cm³/mol. The van der Waals surface area contributed by atoms with Gasteiger partial charge in [0.25, 0.3) is 0 Å². The van der Waals surface area contributed by atoms with Gasteiger partial charge in [-0.25, -0.2) is 0 Å². The van der Waals surface area contributed by atoms with Crippen LogP contribution in [0.15, 0.2) is 59.8 Å². The number of hydrogen-bond donors (Lipinski definition) is 0. The summed E-state index contributed by atoms with van der Waals surface area (Å²) in [5.41, 5.74) is 3.12. The summed E-state index contributed by atoms with van der Waals surface area (Å²) in [5, 5.41) is 4.84. The molecule has 2 aromatic rings. The first-order valence-electron chi connectivity index (χ1n) is 5.69. The van der Waals surface area contributed by atoms with Crippen LogP contribution < -0.4 is 0 Å². The van der Waals surface area contributed by atoms with E-state index in [1.165, 1.54) is 0 Å². The quantitative estimate of drug-likeness (QED) is 0.602. The van der Waals surface area contributed by atoms with Crippen molar-refractivity contribution in [1.82, 2.24) is 0 Å². The van der Waals surface area contributed by atoms with Crippen molar-refractivity contribution in [3.05, 3.63) is 70.7 Å². The van der Waals surface area contributed by atoms with E-state index in [1.54, 1.807) is 7.11 Å². The second-order valence-corrected chi connectivity index (χ2v) is 4.33. The molecule has 0 spiro atoms. The lowest BCUT2D eigenvalue weighted by atomic mass is 10.0. The zero-order valence-electron chi connectivity index (χ0n) is 10.1. The molecule has 92 valence electrons. The van der Waals surface area contributed by atoms with E-state index in [0.717, 1.165) is 28.3 Å². The van der Waals surface area contributed by atoms with Gasteiger partial charge in [0.05, 0.1) is 5.71 Å². The molecule has 0 N–H and O–H groups in total. The van der Waals surface area contributed by atoms with Gasteiger partial charge in [-0.2, -0.15) is 0 Å². The largest absolute Gasteiger partial charge is 0.399 e. The van der Waals surface area contributed by atoms with Crippen molar-refractivity contribution in [2.24, 2.45) is 5.16 Å². The van der Waals surface area contributed by atoms with Crippen molar-refractivity contribution in [2.45, 2.75) is 6.42 Å². The number of halogens is 1. The van der Waals surface area contributed by atoms with Gasteiger partial charge in [0.1, 0.15) is 7.11 Å². The molecule has 0 saturated heterocycles. The molecule has 0 aliphatic rings. The van der Waals surface area contributed by atoms with Crippen molar-refractivity contribution >= 4 is 17.3 Å². The molecule has 3 heteroatoms. The average molecular weight is 260 g/mol. The van der Waals surface area contributed by atoms with Crippen LogP contribution in [0.3, 0.4) is 0 Å². The zero-order valence-corrected chi connectivity index (χ0v) is 10.9. The van der Waals surface area contributed by atoms with Crippen LogP contribution in [0.25, 0.3) is 0 Å². The van der Waals surface area contributed by atoms with E-state index in [0.29, 0.717) is 0 Å². The van der Waals surface area contributed by atoms with Gasteiger partial charge in [0.2, 0.25) is 0 Å². The monoisotopic (exact) mass is 259 g/mol. The standard InChI is InChI=1S/C15H14ClNO/c1-18-17-15(13-5-3-2-4-6-13)11-12-7-9-14(16)10-8-12/h2-10H,11H2,1H3/b17-15+. The SMILES string of the molecule is CO/N=C(\Cc1ccc(Cl)cc1)c1ccccc1. The topological polar surface area (TPSA) is 21.6 Å². The van der Waals surface area contributed by atoms with Gasteiger partial charge in [-0.3, -0.25) is 0 Å². The maximum absolute atomic E-state index is 5.87. The van der Waals surface area contributed by atoms with Crippen molar-refractivity contribution < 1.29 is 4.84 Å². The van der Waals surface area contributed by atoms with Crippen LogP contribution >= 0.6 is 11.6 Å². The molecular weight excluding hydrogens is 246 g/mol. The summed E-state index contributed by atoms with van der Waals surface area (Å²) in [4.78, 5) is 4.92. The highest BCUT2D eigenvalue weighted by atomic mass is 35.5. The Bertz CT molecular complexity index is 520. The van der Waals surface area contributed by atoms with Gasteiger partial charge < -0.3 is 4.84 Å². The van der Waals surface area contributed by atoms with Gasteiger partial charge in [-0.1, -0.05) is 59.2 Å². The molecule has 0 bridgehead atoms. The fourth-order valence-electron chi connectivity index (χ4n) is 1.72. The average Bonchev–Trinajstić information content (AvgIpc) is 2.42. The Hall–Kier alpha value is -1.80. The second-order valence-electron chi connectivity index (χ2n) is 3.89. The zero-order chi connectivity index (χ0) is 12.8. The number of benzene rings is 2. The van der Waals surface area contributed by atoms with Crippen LogP contribution in [-0.4, -0.2) is 12.8 Å². The normalized spacial score (nSPS) is 11.3. The molecule has 2 nitrogen and oxygen atoms in total. The maximum Gasteiger partial charge on any atom is 0.106 e. The number of hydrogen-bond acceptors (Lipinski definition) is 2. The summed E-state index contributed by atoms with van der Waals surface area (Å²) < 4.78 is 0. The molecule has 0 aromatic heterocycles. The number of rotatable bonds is 4. The van der Waals surface area contributed by atoms with Gasteiger partial charge in [-0.15, -0.1) is 0 Å². The molecule has 0 atom stereocenters. The van der Waals surface area contributed by atoms with Crippen LogP contribution in [-0.2, 0) is 11.3 Å². The molecular formula is C15H14ClNO. The first-order chi connectivity index (χ1) is 8.79. The summed E-state index contributed by atoms with van der Waals surface area (Å²) in [5.74, 6) is 0. The summed E-state index contributed by atoms with van der Waals surface area (Å²) in [7, 11) is 1.56.